The Kier molecular flexibility index (Phi) is 5.01. The fourth-order valence-corrected chi connectivity index (χ4v) is 1.73. The van der Waals surface area contributed by atoms with Crippen molar-refractivity contribution in [3.63, 3.8) is 0 Å². The number of nitrogens with one attached hydrogen (secondary N) is 1. The molecule has 2 rings (SSSR count). The van der Waals surface area contributed by atoms with E-state index in [1.165, 1.54) is 12.8 Å². The maximum absolute atomic E-state index is 9.26. The molecule has 0 spiro atoms. The topological polar surface area (TPSA) is 71.0 Å². The molecule has 0 heterocycles. The highest BCUT2D eigenvalue weighted by Crippen LogP contribution is 2.28. The van der Waals surface area contributed by atoms with Crippen LogP contribution in [0, 0.1) is 0 Å². The minimum atomic E-state index is -0.874. The number of aliphatic hydroxyl groups is 2. The van der Waals surface area contributed by atoms with Crippen molar-refractivity contribution in [3.05, 3.63) is 23.8 Å². The van der Waals surface area contributed by atoms with E-state index in [1.54, 1.807) is 7.11 Å². The monoisotopic (exact) mass is 267 g/mol. The van der Waals surface area contributed by atoms with Crippen LogP contribution in [0.4, 0.5) is 0 Å². The second-order valence-electron chi connectivity index (χ2n) is 4.79. The molecule has 0 saturated heterocycles. The van der Waals surface area contributed by atoms with Crippen LogP contribution in [0.15, 0.2) is 18.2 Å². The van der Waals surface area contributed by atoms with Gasteiger partial charge in [-0.2, -0.15) is 0 Å². The molecule has 1 aromatic carbocycles. The van der Waals surface area contributed by atoms with Gasteiger partial charge in [0.15, 0.2) is 11.5 Å². The second kappa shape index (κ2) is 6.75. The molecular weight excluding hydrogens is 246 g/mol. The van der Waals surface area contributed by atoms with Crippen LogP contribution in [0.25, 0.3) is 0 Å². The molecular formula is C14H21NO4. The molecule has 3 N–H and O–H groups in total. The van der Waals surface area contributed by atoms with Gasteiger partial charge in [0, 0.05) is 12.6 Å². The summed E-state index contributed by atoms with van der Waals surface area (Å²) in [5.41, 5.74) is 1.14. The first-order valence-electron chi connectivity index (χ1n) is 6.55. The van der Waals surface area contributed by atoms with Crippen molar-refractivity contribution in [2.75, 3.05) is 20.3 Å². The molecule has 0 radical (unpaired) electrons. The van der Waals surface area contributed by atoms with Gasteiger partial charge in [-0.1, -0.05) is 6.07 Å². The molecule has 106 valence electrons. The van der Waals surface area contributed by atoms with Crippen molar-refractivity contribution < 1.29 is 19.7 Å². The smallest absolute Gasteiger partial charge is 0.161 e. The number of rotatable bonds is 8. The molecule has 5 heteroatoms. The number of benzene rings is 1. The molecule has 1 unspecified atom stereocenters. The molecule has 0 aromatic heterocycles. The maximum atomic E-state index is 9.26. The van der Waals surface area contributed by atoms with Gasteiger partial charge in [0.25, 0.3) is 0 Å². The van der Waals surface area contributed by atoms with Crippen molar-refractivity contribution in [1.82, 2.24) is 5.32 Å². The molecule has 0 amide bonds. The third kappa shape index (κ3) is 4.38. The minimum Gasteiger partial charge on any atom is -0.493 e. The van der Waals surface area contributed by atoms with E-state index in [1.807, 2.05) is 18.2 Å². The van der Waals surface area contributed by atoms with Crippen molar-refractivity contribution in [2.24, 2.45) is 0 Å². The maximum Gasteiger partial charge on any atom is 0.161 e. The highest BCUT2D eigenvalue weighted by atomic mass is 16.5. The molecule has 1 aromatic rings. The van der Waals surface area contributed by atoms with Gasteiger partial charge in [-0.15, -0.1) is 0 Å². The molecule has 5 nitrogen and oxygen atoms in total. The van der Waals surface area contributed by atoms with Crippen molar-refractivity contribution >= 4 is 0 Å². The van der Waals surface area contributed by atoms with Crippen molar-refractivity contribution in [3.8, 4) is 11.5 Å². The molecule has 1 fully saturated rings. The Balaban J connectivity index is 1.94. The zero-order chi connectivity index (χ0) is 13.7. The van der Waals surface area contributed by atoms with Gasteiger partial charge in [-0.05, 0) is 30.5 Å². The number of ether oxygens (including phenoxy) is 2. The summed E-state index contributed by atoms with van der Waals surface area (Å²) in [7, 11) is 1.59. The third-order valence-electron chi connectivity index (χ3n) is 3.04. The van der Waals surface area contributed by atoms with E-state index < -0.39 is 6.10 Å². The molecule has 1 atom stereocenters. The fourth-order valence-electron chi connectivity index (χ4n) is 1.73. The Labute approximate surface area is 113 Å². The zero-order valence-corrected chi connectivity index (χ0v) is 11.1. The van der Waals surface area contributed by atoms with Crippen molar-refractivity contribution in [1.29, 1.82) is 0 Å². The lowest BCUT2D eigenvalue weighted by molar-refractivity contribution is 0.0527. The molecule has 1 aliphatic carbocycles. The molecule has 1 saturated carbocycles. The predicted molar refractivity (Wildman–Crippen MR) is 71.4 cm³/mol. The first kappa shape index (κ1) is 14.1. The van der Waals surface area contributed by atoms with E-state index in [2.05, 4.69) is 5.32 Å². The summed E-state index contributed by atoms with van der Waals surface area (Å²) in [5, 5.41) is 21.4. The van der Waals surface area contributed by atoms with Crippen LogP contribution < -0.4 is 14.8 Å². The van der Waals surface area contributed by atoms with E-state index >= 15 is 0 Å². The molecule has 19 heavy (non-hydrogen) atoms. The minimum absolute atomic E-state index is 0.0481. The van der Waals surface area contributed by atoms with E-state index in [4.69, 9.17) is 14.6 Å². The van der Waals surface area contributed by atoms with Gasteiger partial charge in [0.1, 0.15) is 12.7 Å². The number of hydrogen-bond donors (Lipinski definition) is 3. The lowest BCUT2D eigenvalue weighted by Crippen LogP contribution is -2.21. The Morgan fingerprint density at radius 3 is 2.79 bits per heavy atom. The summed E-state index contributed by atoms with van der Waals surface area (Å²) in [4.78, 5) is 0. The van der Waals surface area contributed by atoms with Gasteiger partial charge in [-0.3, -0.25) is 0 Å². The quantitative estimate of drug-likeness (QED) is 0.646. The van der Waals surface area contributed by atoms with Crippen molar-refractivity contribution in [2.45, 2.75) is 31.5 Å². The normalized spacial score (nSPS) is 16.2. The Morgan fingerprint density at radius 2 is 2.16 bits per heavy atom. The van der Waals surface area contributed by atoms with Gasteiger partial charge >= 0.3 is 0 Å². The van der Waals surface area contributed by atoms with Crippen LogP contribution in [0.1, 0.15) is 18.4 Å². The first-order chi connectivity index (χ1) is 9.22. The van der Waals surface area contributed by atoms with Gasteiger partial charge in [0.2, 0.25) is 0 Å². The zero-order valence-electron chi connectivity index (χ0n) is 11.1. The first-order valence-corrected chi connectivity index (χ1v) is 6.55. The van der Waals surface area contributed by atoms with E-state index in [0.29, 0.717) is 17.5 Å². The van der Waals surface area contributed by atoms with Crippen LogP contribution >= 0.6 is 0 Å². The van der Waals surface area contributed by atoms with Gasteiger partial charge < -0.3 is 25.0 Å². The average molecular weight is 267 g/mol. The van der Waals surface area contributed by atoms with Crippen LogP contribution in [-0.2, 0) is 6.54 Å². The standard InChI is InChI=1S/C14H21NO4/c1-18-14-6-10(7-15-11-3-4-11)2-5-13(14)19-9-12(17)8-16/h2,5-6,11-12,15-17H,3-4,7-9H2,1H3. The molecule has 1 aliphatic rings. The largest absolute Gasteiger partial charge is 0.493 e. The Bertz CT molecular complexity index is 406. The van der Waals surface area contributed by atoms with Crippen LogP contribution in [0.3, 0.4) is 0 Å². The third-order valence-corrected chi connectivity index (χ3v) is 3.04. The molecule has 0 bridgehead atoms. The fraction of sp³-hybridized carbons (Fsp3) is 0.571. The highest BCUT2D eigenvalue weighted by Gasteiger charge is 2.20. The lowest BCUT2D eigenvalue weighted by atomic mass is 10.2. The summed E-state index contributed by atoms with van der Waals surface area (Å²) in [6.07, 6.45) is 1.65. The summed E-state index contributed by atoms with van der Waals surface area (Å²) >= 11 is 0. The summed E-state index contributed by atoms with van der Waals surface area (Å²) < 4.78 is 10.7. The predicted octanol–water partition coefficient (Wildman–Crippen LogP) is 0.679. The molecule has 0 aliphatic heterocycles. The van der Waals surface area contributed by atoms with Crippen LogP contribution in [0.2, 0.25) is 0 Å². The Hall–Kier alpha value is -1.30. The van der Waals surface area contributed by atoms with Crippen LogP contribution in [0.5, 0.6) is 11.5 Å². The average Bonchev–Trinajstić information content (AvgIpc) is 3.26. The SMILES string of the molecule is COc1cc(CNC2CC2)ccc1OCC(O)CO. The number of methoxy groups -OCH3 is 1. The summed E-state index contributed by atoms with van der Waals surface area (Å²) in [6.45, 7) is 0.554. The number of hydrogen-bond acceptors (Lipinski definition) is 5. The van der Waals surface area contributed by atoms with E-state index in [9.17, 15) is 5.11 Å². The van der Waals surface area contributed by atoms with Gasteiger partial charge in [0.05, 0.1) is 13.7 Å². The number of aliphatic hydroxyl groups excluding tert-OH is 2. The second-order valence-corrected chi connectivity index (χ2v) is 4.79. The van der Waals surface area contributed by atoms with Gasteiger partial charge in [-0.25, -0.2) is 0 Å². The van der Waals surface area contributed by atoms with E-state index in [-0.39, 0.29) is 13.2 Å². The highest BCUT2D eigenvalue weighted by molar-refractivity contribution is 5.43. The summed E-state index contributed by atoms with van der Waals surface area (Å²) in [6, 6.07) is 6.39. The van der Waals surface area contributed by atoms with Crippen LogP contribution in [-0.4, -0.2) is 42.7 Å². The lowest BCUT2D eigenvalue weighted by Gasteiger charge is -2.14. The van der Waals surface area contributed by atoms with E-state index in [0.717, 1.165) is 12.1 Å². The summed E-state index contributed by atoms with van der Waals surface area (Å²) in [5.74, 6) is 1.21. The Morgan fingerprint density at radius 1 is 1.37 bits per heavy atom.